The largest absolute Gasteiger partial charge is 0.477 e. The predicted octanol–water partition coefficient (Wildman–Crippen LogP) is 4.69. The number of aromatic amines is 1. The number of carbonyl (C=O) groups is 1. The topological polar surface area (TPSA) is 53.1 Å². The minimum absolute atomic E-state index is 0.00215. The van der Waals surface area contributed by atoms with Crippen molar-refractivity contribution in [2.75, 3.05) is 0 Å². The summed E-state index contributed by atoms with van der Waals surface area (Å²) in [6, 6.07) is 8.13. The summed E-state index contributed by atoms with van der Waals surface area (Å²) in [5, 5.41) is 9.27. The average molecular weight is 323 g/mol. The van der Waals surface area contributed by atoms with Crippen molar-refractivity contribution >= 4 is 16.9 Å². The van der Waals surface area contributed by atoms with Gasteiger partial charge in [0.2, 0.25) is 0 Å². The lowest BCUT2D eigenvalue weighted by molar-refractivity contribution is -0.137. The van der Waals surface area contributed by atoms with Crippen LogP contribution in [-0.4, -0.2) is 16.1 Å². The number of benzene rings is 2. The number of carboxylic acids is 1. The molecule has 7 heteroatoms. The van der Waals surface area contributed by atoms with Gasteiger partial charge < -0.3 is 10.1 Å². The summed E-state index contributed by atoms with van der Waals surface area (Å²) in [5.74, 6) is -2.10. The van der Waals surface area contributed by atoms with Gasteiger partial charge in [0, 0.05) is 22.0 Å². The van der Waals surface area contributed by atoms with Crippen molar-refractivity contribution in [1.29, 1.82) is 0 Å². The molecule has 2 aromatic carbocycles. The normalized spacial score (nSPS) is 11.8. The lowest BCUT2D eigenvalue weighted by Gasteiger charge is -2.08. The van der Waals surface area contributed by atoms with Crippen molar-refractivity contribution in [3.8, 4) is 11.1 Å². The van der Waals surface area contributed by atoms with Gasteiger partial charge in [-0.1, -0.05) is 18.2 Å². The van der Waals surface area contributed by atoms with Crippen LogP contribution in [0.3, 0.4) is 0 Å². The highest BCUT2D eigenvalue weighted by molar-refractivity contribution is 6.07. The van der Waals surface area contributed by atoms with Crippen molar-refractivity contribution in [2.45, 2.75) is 6.18 Å². The van der Waals surface area contributed by atoms with E-state index in [2.05, 4.69) is 4.98 Å². The van der Waals surface area contributed by atoms with E-state index in [0.717, 1.165) is 24.3 Å². The molecule has 0 unspecified atom stereocenters. The molecule has 23 heavy (non-hydrogen) atoms. The predicted molar refractivity (Wildman–Crippen MR) is 75.7 cm³/mol. The number of rotatable bonds is 2. The van der Waals surface area contributed by atoms with Crippen molar-refractivity contribution in [2.24, 2.45) is 0 Å². The van der Waals surface area contributed by atoms with Gasteiger partial charge in [0.15, 0.2) is 0 Å². The van der Waals surface area contributed by atoms with E-state index < -0.39 is 23.5 Å². The molecule has 0 spiro atoms. The zero-order chi connectivity index (χ0) is 16.8. The first-order chi connectivity index (χ1) is 10.8. The molecular formula is C16H9F4NO2. The zero-order valence-electron chi connectivity index (χ0n) is 11.4. The molecule has 0 fully saturated rings. The van der Waals surface area contributed by atoms with Crippen LogP contribution in [0.25, 0.3) is 22.0 Å². The monoisotopic (exact) mass is 323 g/mol. The van der Waals surface area contributed by atoms with Crippen LogP contribution in [0.5, 0.6) is 0 Å². The molecule has 3 nitrogen and oxygen atoms in total. The molecule has 1 heterocycles. The first-order valence-corrected chi connectivity index (χ1v) is 6.50. The molecule has 0 amide bonds. The molecule has 0 aliphatic heterocycles. The van der Waals surface area contributed by atoms with Crippen LogP contribution in [0, 0.1) is 5.82 Å². The second kappa shape index (κ2) is 5.12. The van der Waals surface area contributed by atoms with E-state index in [9.17, 15) is 27.5 Å². The second-order valence-corrected chi connectivity index (χ2v) is 4.92. The van der Waals surface area contributed by atoms with Gasteiger partial charge in [-0.25, -0.2) is 9.18 Å². The fourth-order valence-corrected chi connectivity index (χ4v) is 2.47. The zero-order valence-corrected chi connectivity index (χ0v) is 11.4. The number of aromatic nitrogens is 1. The molecule has 0 aliphatic rings. The van der Waals surface area contributed by atoms with E-state index in [1.807, 2.05) is 0 Å². The van der Waals surface area contributed by atoms with E-state index >= 15 is 0 Å². The number of carboxylic acid groups (broad SMARTS) is 1. The molecule has 0 aliphatic carbocycles. The van der Waals surface area contributed by atoms with Gasteiger partial charge in [0.05, 0.1) is 5.56 Å². The Kier molecular flexibility index (Phi) is 3.35. The Labute approximate surface area is 127 Å². The summed E-state index contributed by atoms with van der Waals surface area (Å²) in [5.41, 5.74) is -1.27. The minimum atomic E-state index is -4.58. The molecular weight excluding hydrogens is 314 g/mol. The highest BCUT2D eigenvalue weighted by Gasteiger charge is 2.31. The van der Waals surface area contributed by atoms with E-state index in [1.54, 1.807) is 0 Å². The Hall–Kier alpha value is -2.83. The molecule has 0 atom stereocenters. The number of alkyl halides is 3. The van der Waals surface area contributed by atoms with Crippen molar-refractivity contribution in [3.05, 3.63) is 59.5 Å². The Morgan fingerprint density at radius 3 is 2.39 bits per heavy atom. The number of hydrogen-bond donors (Lipinski definition) is 2. The number of H-pyrrole nitrogens is 1. The summed E-state index contributed by atoms with van der Waals surface area (Å²) in [4.78, 5) is 13.9. The van der Waals surface area contributed by atoms with E-state index in [0.29, 0.717) is 0 Å². The van der Waals surface area contributed by atoms with Crippen LogP contribution in [0.2, 0.25) is 0 Å². The lowest BCUT2D eigenvalue weighted by Crippen LogP contribution is -2.04. The summed E-state index contributed by atoms with van der Waals surface area (Å²) in [6.45, 7) is 0. The SMILES string of the molecule is O=C(O)c1[nH]c2ccc(C(F)(F)F)cc2c1-c1ccccc1F. The molecule has 118 valence electrons. The fraction of sp³-hybridized carbons (Fsp3) is 0.0625. The maximum absolute atomic E-state index is 14.0. The third-order valence-corrected chi connectivity index (χ3v) is 3.48. The van der Waals surface area contributed by atoms with Gasteiger partial charge in [-0.05, 0) is 24.3 Å². The van der Waals surface area contributed by atoms with Gasteiger partial charge in [-0.2, -0.15) is 13.2 Å². The second-order valence-electron chi connectivity index (χ2n) is 4.92. The van der Waals surface area contributed by atoms with Crippen LogP contribution >= 0.6 is 0 Å². The summed E-state index contributed by atoms with van der Waals surface area (Å²) in [7, 11) is 0. The van der Waals surface area contributed by atoms with E-state index in [1.165, 1.54) is 18.2 Å². The Bertz CT molecular complexity index is 912. The highest BCUT2D eigenvalue weighted by Crippen LogP contribution is 2.38. The van der Waals surface area contributed by atoms with Crippen LogP contribution in [0.4, 0.5) is 17.6 Å². The van der Waals surface area contributed by atoms with E-state index in [-0.39, 0.29) is 27.7 Å². The number of nitrogens with one attached hydrogen (secondary N) is 1. The third-order valence-electron chi connectivity index (χ3n) is 3.48. The smallest absolute Gasteiger partial charge is 0.416 e. The Balaban J connectivity index is 2.39. The van der Waals surface area contributed by atoms with Gasteiger partial charge in [-0.3, -0.25) is 0 Å². The average Bonchev–Trinajstić information content (AvgIpc) is 2.85. The number of hydrogen-bond acceptors (Lipinski definition) is 1. The van der Waals surface area contributed by atoms with Crippen molar-refractivity contribution in [3.63, 3.8) is 0 Å². The Morgan fingerprint density at radius 2 is 1.78 bits per heavy atom. The molecule has 1 aromatic heterocycles. The molecule has 3 aromatic rings. The fourth-order valence-electron chi connectivity index (χ4n) is 2.47. The van der Waals surface area contributed by atoms with Crippen LogP contribution in [0.15, 0.2) is 42.5 Å². The highest BCUT2D eigenvalue weighted by atomic mass is 19.4. The molecule has 0 saturated heterocycles. The quantitative estimate of drug-likeness (QED) is 0.672. The van der Waals surface area contributed by atoms with E-state index in [4.69, 9.17) is 0 Å². The maximum Gasteiger partial charge on any atom is 0.416 e. The van der Waals surface area contributed by atoms with Crippen LogP contribution < -0.4 is 0 Å². The third kappa shape index (κ3) is 2.54. The number of fused-ring (bicyclic) bond motifs is 1. The summed E-state index contributed by atoms with van der Waals surface area (Å²) in [6.07, 6.45) is -4.58. The molecule has 3 rings (SSSR count). The van der Waals surface area contributed by atoms with Gasteiger partial charge in [0.1, 0.15) is 11.5 Å². The van der Waals surface area contributed by atoms with Gasteiger partial charge >= 0.3 is 12.1 Å². The van der Waals surface area contributed by atoms with Crippen LogP contribution in [-0.2, 0) is 6.18 Å². The van der Waals surface area contributed by atoms with Crippen molar-refractivity contribution < 1.29 is 27.5 Å². The molecule has 2 N–H and O–H groups in total. The molecule has 0 radical (unpaired) electrons. The first kappa shape index (κ1) is 15.1. The lowest BCUT2D eigenvalue weighted by atomic mass is 10.00. The standard InChI is InChI=1S/C16H9F4NO2/c17-11-4-2-1-3-9(11)13-10-7-8(16(18,19)20)5-6-12(10)21-14(13)15(22)23/h1-7,21H,(H,22,23). The number of aromatic carboxylic acids is 1. The minimum Gasteiger partial charge on any atom is -0.477 e. The Morgan fingerprint density at radius 1 is 1.09 bits per heavy atom. The summed E-state index contributed by atoms with van der Waals surface area (Å²) < 4.78 is 52.7. The van der Waals surface area contributed by atoms with Crippen molar-refractivity contribution in [1.82, 2.24) is 4.98 Å². The summed E-state index contributed by atoms with van der Waals surface area (Å²) >= 11 is 0. The molecule has 0 bridgehead atoms. The first-order valence-electron chi connectivity index (χ1n) is 6.50. The molecule has 0 saturated carbocycles. The van der Waals surface area contributed by atoms with Crippen LogP contribution in [0.1, 0.15) is 16.1 Å². The number of halogens is 4. The van der Waals surface area contributed by atoms with Gasteiger partial charge in [-0.15, -0.1) is 0 Å². The maximum atomic E-state index is 14.0. The van der Waals surface area contributed by atoms with Gasteiger partial charge in [0.25, 0.3) is 0 Å².